The fourth-order valence-electron chi connectivity index (χ4n) is 1.89. The fraction of sp³-hybridized carbons (Fsp3) is 0.533. The third kappa shape index (κ3) is 5.21. The molecule has 4 heteroatoms. The van der Waals surface area contributed by atoms with Gasteiger partial charge in [0.1, 0.15) is 0 Å². The molecular formula is C15H23ClN2O. The molecule has 0 aliphatic heterocycles. The summed E-state index contributed by atoms with van der Waals surface area (Å²) in [6.45, 7) is 5.22. The van der Waals surface area contributed by atoms with Crippen LogP contribution in [0, 0.1) is 0 Å². The molecule has 1 aromatic carbocycles. The van der Waals surface area contributed by atoms with Gasteiger partial charge in [-0.25, -0.2) is 0 Å². The number of carbonyl (C=O) groups is 1. The van der Waals surface area contributed by atoms with Crippen LogP contribution in [0.4, 0.5) is 0 Å². The number of hydrogen-bond donors (Lipinski definition) is 1. The van der Waals surface area contributed by atoms with Crippen LogP contribution < -0.4 is 5.32 Å². The molecule has 0 aromatic heterocycles. The summed E-state index contributed by atoms with van der Waals surface area (Å²) in [5, 5.41) is 4.07. The first kappa shape index (κ1) is 16.0. The van der Waals surface area contributed by atoms with Crippen LogP contribution in [0.15, 0.2) is 24.3 Å². The van der Waals surface area contributed by atoms with E-state index in [-0.39, 0.29) is 11.9 Å². The molecule has 0 aliphatic carbocycles. The van der Waals surface area contributed by atoms with Crippen molar-refractivity contribution in [3.05, 3.63) is 34.9 Å². The minimum Gasteiger partial charge on any atom is -0.345 e. The number of nitrogens with zero attached hydrogens (tertiary/aromatic N) is 1. The summed E-state index contributed by atoms with van der Waals surface area (Å²) < 4.78 is 0. The van der Waals surface area contributed by atoms with Crippen molar-refractivity contribution in [1.29, 1.82) is 0 Å². The lowest BCUT2D eigenvalue weighted by Crippen LogP contribution is -2.37. The van der Waals surface area contributed by atoms with E-state index in [1.807, 2.05) is 38.2 Å². The van der Waals surface area contributed by atoms with Crippen molar-refractivity contribution in [3.63, 3.8) is 0 Å². The zero-order valence-electron chi connectivity index (χ0n) is 11.9. The van der Waals surface area contributed by atoms with Crippen LogP contribution in [-0.4, -0.2) is 30.9 Å². The van der Waals surface area contributed by atoms with E-state index in [4.69, 9.17) is 11.6 Å². The zero-order valence-corrected chi connectivity index (χ0v) is 12.7. The second kappa shape index (κ2) is 8.18. The van der Waals surface area contributed by atoms with E-state index in [0.29, 0.717) is 6.54 Å². The van der Waals surface area contributed by atoms with E-state index in [1.165, 1.54) is 5.56 Å². The highest BCUT2D eigenvalue weighted by atomic mass is 35.5. The van der Waals surface area contributed by atoms with Crippen LogP contribution in [-0.2, 0) is 4.79 Å². The molecule has 106 valence electrons. The molecule has 0 fully saturated rings. The fourth-order valence-corrected chi connectivity index (χ4v) is 2.02. The highest BCUT2D eigenvalue weighted by Crippen LogP contribution is 2.20. The minimum absolute atomic E-state index is 0.123. The normalized spacial score (nSPS) is 12.2. The van der Waals surface area contributed by atoms with Crippen molar-refractivity contribution in [2.24, 2.45) is 0 Å². The van der Waals surface area contributed by atoms with Crippen molar-refractivity contribution < 1.29 is 4.79 Å². The molecular weight excluding hydrogens is 260 g/mol. The van der Waals surface area contributed by atoms with Crippen LogP contribution in [0.3, 0.4) is 0 Å². The molecule has 3 nitrogen and oxygen atoms in total. The van der Waals surface area contributed by atoms with E-state index < -0.39 is 0 Å². The van der Waals surface area contributed by atoms with Gasteiger partial charge >= 0.3 is 0 Å². The van der Waals surface area contributed by atoms with Crippen molar-refractivity contribution in [2.45, 2.75) is 32.7 Å². The number of rotatable bonds is 7. The van der Waals surface area contributed by atoms with Gasteiger partial charge in [0, 0.05) is 24.7 Å². The van der Waals surface area contributed by atoms with Crippen LogP contribution >= 0.6 is 11.6 Å². The summed E-state index contributed by atoms with van der Waals surface area (Å²) in [4.78, 5) is 13.5. The standard InChI is InChI=1S/C15H23ClN2O/c1-4-6-14(12-7-9-13(16)10-8-12)17-11-15(19)18(3)5-2/h7-10,14,17H,4-6,11H2,1-3H3. The smallest absolute Gasteiger partial charge is 0.236 e. The number of likely N-dealkylation sites (N-methyl/N-ethyl adjacent to an activating group) is 1. The molecule has 19 heavy (non-hydrogen) atoms. The largest absolute Gasteiger partial charge is 0.345 e. The first-order valence-corrected chi connectivity index (χ1v) is 7.19. The summed E-state index contributed by atoms with van der Waals surface area (Å²) in [6, 6.07) is 8.02. The van der Waals surface area contributed by atoms with Crippen molar-refractivity contribution in [3.8, 4) is 0 Å². The average molecular weight is 283 g/mol. The Hall–Kier alpha value is -1.06. The molecule has 0 spiro atoms. The van der Waals surface area contributed by atoms with Crippen LogP contribution in [0.2, 0.25) is 5.02 Å². The average Bonchev–Trinajstić information content (AvgIpc) is 2.43. The van der Waals surface area contributed by atoms with Gasteiger partial charge in [0.15, 0.2) is 0 Å². The third-order valence-electron chi connectivity index (χ3n) is 3.25. The molecule has 0 heterocycles. The number of hydrogen-bond acceptors (Lipinski definition) is 2. The van der Waals surface area contributed by atoms with Gasteiger partial charge in [0.2, 0.25) is 5.91 Å². The minimum atomic E-state index is 0.123. The molecule has 0 radical (unpaired) electrons. The Balaban J connectivity index is 2.63. The van der Waals surface area contributed by atoms with Gasteiger partial charge in [-0.2, -0.15) is 0 Å². The predicted molar refractivity (Wildman–Crippen MR) is 80.4 cm³/mol. The lowest BCUT2D eigenvalue weighted by atomic mass is 10.0. The lowest BCUT2D eigenvalue weighted by Gasteiger charge is -2.21. The SMILES string of the molecule is CCCC(NCC(=O)N(C)CC)c1ccc(Cl)cc1. The molecule has 1 aromatic rings. The summed E-state index contributed by atoms with van der Waals surface area (Å²) >= 11 is 5.90. The van der Waals surface area contributed by atoms with E-state index in [2.05, 4.69) is 12.2 Å². The molecule has 0 saturated carbocycles. The third-order valence-corrected chi connectivity index (χ3v) is 3.50. The maximum absolute atomic E-state index is 11.8. The molecule has 1 rings (SSSR count). The summed E-state index contributed by atoms with van der Waals surface area (Å²) in [5.74, 6) is 0.123. The lowest BCUT2D eigenvalue weighted by molar-refractivity contribution is -0.128. The first-order chi connectivity index (χ1) is 9.08. The van der Waals surface area contributed by atoms with E-state index >= 15 is 0 Å². The van der Waals surface area contributed by atoms with Gasteiger partial charge in [-0.05, 0) is 31.0 Å². The Kier molecular flexibility index (Phi) is 6.89. The monoisotopic (exact) mass is 282 g/mol. The topological polar surface area (TPSA) is 32.3 Å². The second-order valence-corrected chi connectivity index (χ2v) is 5.12. The van der Waals surface area contributed by atoms with Crippen molar-refractivity contribution in [1.82, 2.24) is 10.2 Å². The number of nitrogens with one attached hydrogen (secondary N) is 1. The molecule has 0 aliphatic rings. The van der Waals surface area contributed by atoms with Crippen LogP contribution in [0.25, 0.3) is 0 Å². The van der Waals surface area contributed by atoms with E-state index in [0.717, 1.165) is 24.4 Å². The van der Waals surface area contributed by atoms with Crippen LogP contribution in [0.1, 0.15) is 38.3 Å². The molecule has 0 saturated heterocycles. The summed E-state index contributed by atoms with van der Waals surface area (Å²) in [6.07, 6.45) is 2.07. The quantitative estimate of drug-likeness (QED) is 0.833. The number of carbonyl (C=O) groups excluding carboxylic acids is 1. The van der Waals surface area contributed by atoms with Gasteiger partial charge < -0.3 is 10.2 Å². The highest BCUT2D eigenvalue weighted by Gasteiger charge is 2.13. The van der Waals surface area contributed by atoms with E-state index in [9.17, 15) is 4.79 Å². The van der Waals surface area contributed by atoms with Gasteiger partial charge in [0.25, 0.3) is 0 Å². The van der Waals surface area contributed by atoms with Gasteiger partial charge in [-0.15, -0.1) is 0 Å². The van der Waals surface area contributed by atoms with Gasteiger partial charge in [-0.3, -0.25) is 4.79 Å². The predicted octanol–water partition coefficient (Wildman–Crippen LogP) is 3.25. The van der Waals surface area contributed by atoms with Crippen molar-refractivity contribution in [2.75, 3.05) is 20.1 Å². The first-order valence-electron chi connectivity index (χ1n) is 6.81. The second-order valence-electron chi connectivity index (χ2n) is 4.68. The maximum atomic E-state index is 11.8. The molecule has 1 N–H and O–H groups in total. The Bertz CT molecular complexity index is 392. The Labute approximate surface area is 120 Å². The Morgan fingerprint density at radius 3 is 2.47 bits per heavy atom. The highest BCUT2D eigenvalue weighted by molar-refractivity contribution is 6.30. The number of benzene rings is 1. The van der Waals surface area contributed by atoms with Gasteiger partial charge in [0.05, 0.1) is 6.54 Å². The van der Waals surface area contributed by atoms with Crippen molar-refractivity contribution >= 4 is 17.5 Å². The zero-order chi connectivity index (χ0) is 14.3. The van der Waals surface area contributed by atoms with Gasteiger partial charge in [-0.1, -0.05) is 37.1 Å². The molecule has 1 amide bonds. The molecule has 1 atom stereocenters. The summed E-state index contributed by atoms with van der Waals surface area (Å²) in [7, 11) is 1.82. The maximum Gasteiger partial charge on any atom is 0.236 e. The van der Waals surface area contributed by atoms with Crippen LogP contribution in [0.5, 0.6) is 0 Å². The van der Waals surface area contributed by atoms with E-state index in [1.54, 1.807) is 4.90 Å². The molecule has 1 unspecified atom stereocenters. The number of amides is 1. The Morgan fingerprint density at radius 2 is 1.95 bits per heavy atom. The number of halogens is 1. The summed E-state index contributed by atoms with van der Waals surface area (Å²) in [5.41, 5.74) is 1.18. The molecule has 0 bridgehead atoms. The Morgan fingerprint density at radius 1 is 1.32 bits per heavy atom.